The van der Waals surface area contributed by atoms with Gasteiger partial charge in [0.2, 0.25) is 5.76 Å². The molecule has 2 heterocycles. The molecular formula is C12H13N3O4S. The second kappa shape index (κ2) is 6.71. The molecule has 2 aromatic heterocycles. The highest BCUT2D eigenvalue weighted by Crippen LogP contribution is 2.07. The van der Waals surface area contributed by atoms with E-state index in [0.29, 0.717) is 18.7 Å². The van der Waals surface area contributed by atoms with E-state index >= 15 is 0 Å². The van der Waals surface area contributed by atoms with Gasteiger partial charge in [0.05, 0.1) is 11.6 Å². The molecule has 8 heteroatoms. The van der Waals surface area contributed by atoms with Crippen LogP contribution in [0, 0.1) is 0 Å². The number of rotatable bonds is 6. The first-order chi connectivity index (χ1) is 9.65. The van der Waals surface area contributed by atoms with Gasteiger partial charge in [-0.05, 0) is 12.1 Å². The van der Waals surface area contributed by atoms with Crippen molar-refractivity contribution in [2.24, 2.45) is 0 Å². The van der Waals surface area contributed by atoms with Gasteiger partial charge in [-0.2, -0.15) is 0 Å². The molecule has 2 amide bonds. The Balaban J connectivity index is 1.67. The van der Waals surface area contributed by atoms with Gasteiger partial charge >= 0.3 is 12.0 Å². The molecule has 106 valence electrons. The third kappa shape index (κ3) is 4.09. The number of nitrogens with zero attached hydrogens (tertiary/aromatic N) is 1. The Hall–Kier alpha value is -2.35. The monoisotopic (exact) mass is 295 g/mol. The molecular weight excluding hydrogens is 282 g/mol. The Kier molecular flexibility index (Phi) is 4.72. The topological polar surface area (TPSA) is 104 Å². The highest BCUT2D eigenvalue weighted by atomic mass is 32.1. The van der Waals surface area contributed by atoms with Gasteiger partial charge in [-0.15, -0.1) is 11.3 Å². The van der Waals surface area contributed by atoms with E-state index < -0.39 is 5.97 Å². The van der Waals surface area contributed by atoms with Gasteiger partial charge in [0.15, 0.2) is 0 Å². The van der Waals surface area contributed by atoms with Crippen molar-refractivity contribution >= 4 is 23.3 Å². The zero-order valence-electron chi connectivity index (χ0n) is 10.5. The van der Waals surface area contributed by atoms with Crippen LogP contribution in [0.5, 0.6) is 0 Å². The fraction of sp³-hybridized carbons (Fsp3) is 0.250. The average molecular weight is 295 g/mol. The number of aromatic carboxylic acids is 1. The Morgan fingerprint density at radius 1 is 1.35 bits per heavy atom. The highest BCUT2D eigenvalue weighted by molar-refractivity contribution is 7.09. The normalized spacial score (nSPS) is 10.2. The van der Waals surface area contributed by atoms with Gasteiger partial charge in [-0.1, -0.05) is 0 Å². The molecule has 7 nitrogen and oxygen atoms in total. The minimum Gasteiger partial charge on any atom is -0.475 e. The first-order valence-electron chi connectivity index (χ1n) is 5.87. The molecule has 0 bridgehead atoms. The lowest BCUT2D eigenvalue weighted by Crippen LogP contribution is -2.36. The molecule has 0 unspecified atom stereocenters. The number of carbonyl (C=O) groups excluding carboxylic acids is 1. The maximum atomic E-state index is 11.5. The second-order valence-corrected chi connectivity index (χ2v) is 4.84. The fourth-order valence-electron chi connectivity index (χ4n) is 1.48. The number of hydrogen-bond acceptors (Lipinski definition) is 5. The van der Waals surface area contributed by atoms with Gasteiger partial charge in [0, 0.05) is 24.5 Å². The highest BCUT2D eigenvalue weighted by Gasteiger charge is 2.09. The maximum absolute atomic E-state index is 11.5. The summed E-state index contributed by atoms with van der Waals surface area (Å²) >= 11 is 1.54. The lowest BCUT2D eigenvalue weighted by molar-refractivity contribution is 0.0660. The predicted octanol–water partition coefficient (Wildman–Crippen LogP) is 1.48. The molecule has 2 aromatic rings. The zero-order valence-corrected chi connectivity index (χ0v) is 11.3. The first-order valence-corrected chi connectivity index (χ1v) is 6.75. The van der Waals surface area contributed by atoms with E-state index in [1.54, 1.807) is 6.20 Å². The number of aromatic nitrogens is 1. The molecule has 0 aliphatic rings. The molecule has 0 atom stereocenters. The van der Waals surface area contributed by atoms with E-state index in [2.05, 4.69) is 15.6 Å². The molecule has 2 rings (SSSR count). The first kappa shape index (κ1) is 14.1. The number of carboxylic acids is 1. The number of thiazole rings is 1. The van der Waals surface area contributed by atoms with E-state index in [1.165, 1.54) is 23.5 Å². The van der Waals surface area contributed by atoms with Crippen LogP contribution in [-0.2, 0) is 13.0 Å². The molecule has 0 aromatic carbocycles. The standard InChI is InChI=1S/C12H13N3O4S/c16-11(17)9-2-1-8(19-9)7-15-12(18)14-4-3-10-13-5-6-20-10/h1-2,5-6H,3-4,7H2,(H,16,17)(H2,14,15,18). The lowest BCUT2D eigenvalue weighted by atomic mass is 10.4. The van der Waals surface area contributed by atoms with Gasteiger partial charge in [0.25, 0.3) is 0 Å². The van der Waals surface area contributed by atoms with E-state index in [1.807, 2.05) is 5.38 Å². The van der Waals surface area contributed by atoms with Crippen LogP contribution in [0.4, 0.5) is 4.79 Å². The molecule has 0 saturated heterocycles. The van der Waals surface area contributed by atoms with Crippen molar-refractivity contribution in [2.45, 2.75) is 13.0 Å². The number of hydrogen-bond donors (Lipinski definition) is 3. The Bertz CT molecular complexity index is 579. The summed E-state index contributed by atoms with van der Waals surface area (Å²) < 4.78 is 5.01. The van der Waals surface area contributed by atoms with Crippen LogP contribution >= 0.6 is 11.3 Å². The van der Waals surface area contributed by atoms with Crippen molar-refractivity contribution in [2.75, 3.05) is 6.54 Å². The van der Waals surface area contributed by atoms with Crippen molar-refractivity contribution in [3.8, 4) is 0 Å². The number of carbonyl (C=O) groups is 2. The van der Waals surface area contributed by atoms with Gasteiger partial charge in [0.1, 0.15) is 5.76 Å². The summed E-state index contributed by atoms with van der Waals surface area (Å²) in [5, 5.41) is 16.8. The quantitative estimate of drug-likeness (QED) is 0.748. The smallest absolute Gasteiger partial charge is 0.371 e. The minimum atomic E-state index is -1.14. The number of urea groups is 1. The van der Waals surface area contributed by atoms with Crippen LogP contribution in [-0.4, -0.2) is 28.6 Å². The molecule has 0 fully saturated rings. The van der Waals surface area contributed by atoms with Crippen LogP contribution < -0.4 is 10.6 Å². The maximum Gasteiger partial charge on any atom is 0.371 e. The van der Waals surface area contributed by atoms with Crippen LogP contribution in [0.1, 0.15) is 21.3 Å². The van der Waals surface area contributed by atoms with Gasteiger partial charge in [-0.25, -0.2) is 14.6 Å². The van der Waals surface area contributed by atoms with Crippen LogP contribution in [0.3, 0.4) is 0 Å². The number of nitrogens with one attached hydrogen (secondary N) is 2. The second-order valence-electron chi connectivity index (χ2n) is 3.86. The van der Waals surface area contributed by atoms with Crippen molar-refractivity contribution < 1.29 is 19.1 Å². The molecule has 0 saturated carbocycles. The molecule has 0 spiro atoms. The largest absolute Gasteiger partial charge is 0.475 e. The molecule has 0 radical (unpaired) electrons. The van der Waals surface area contributed by atoms with E-state index in [-0.39, 0.29) is 18.3 Å². The third-order valence-electron chi connectivity index (χ3n) is 2.40. The van der Waals surface area contributed by atoms with Crippen molar-refractivity contribution in [1.82, 2.24) is 15.6 Å². The number of carboxylic acid groups (broad SMARTS) is 1. The van der Waals surface area contributed by atoms with E-state index in [4.69, 9.17) is 9.52 Å². The molecule has 20 heavy (non-hydrogen) atoms. The predicted molar refractivity (Wildman–Crippen MR) is 71.7 cm³/mol. The number of furan rings is 1. The summed E-state index contributed by atoms with van der Waals surface area (Å²) in [5.41, 5.74) is 0. The van der Waals surface area contributed by atoms with Crippen LogP contribution in [0.2, 0.25) is 0 Å². The zero-order chi connectivity index (χ0) is 14.4. The summed E-state index contributed by atoms with van der Waals surface area (Å²) in [6, 6.07) is 2.52. The Labute approximate surface area is 118 Å². The Morgan fingerprint density at radius 3 is 2.85 bits per heavy atom. The minimum absolute atomic E-state index is 0.135. The van der Waals surface area contributed by atoms with Gasteiger partial charge in [-0.3, -0.25) is 0 Å². The summed E-state index contributed by atoms with van der Waals surface area (Å²) in [6.07, 6.45) is 2.39. The third-order valence-corrected chi connectivity index (χ3v) is 3.24. The summed E-state index contributed by atoms with van der Waals surface area (Å²) in [5.74, 6) is -0.896. The van der Waals surface area contributed by atoms with Crippen molar-refractivity contribution in [1.29, 1.82) is 0 Å². The van der Waals surface area contributed by atoms with Gasteiger partial charge < -0.3 is 20.2 Å². The van der Waals surface area contributed by atoms with Crippen LogP contribution in [0.15, 0.2) is 28.1 Å². The van der Waals surface area contributed by atoms with E-state index in [0.717, 1.165) is 5.01 Å². The number of amides is 2. The SMILES string of the molecule is O=C(NCCc1nccs1)NCc1ccc(C(=O)O)o1. The lowest BCUT2D eigenvalue weighted by Gasteiger charge is -2.05. The molecule has 3 N–H and O–H groups in total. The molecule has 0 aliphatic heterocycles. The summed E-state index contributed by atoms with van der Waals surface area (Å²) in [6.45, 7) is 0.619. The van der Waals surface area contributed by atoms with Crippen molar-refractivity contribution in [3.63, 3.8) is 0 Å². The average Bonchev–Trinajstić information content (AvgIpc) is 3.07. The fourth-order valence-corrected chi connectivity index (χ4v) is 2.10. The summed E-state index contributed by atoms with van der Waals surface area (Å²) in [4.78, 5) is 26.2. The van der Waals surface area contributed by atoms with E-state index in [9.17, 15) is 9.59 Å². The van der Waals surface area contributed by atoms with Crippen LogP contribution in [0.25, 0.3) is 0 Å². The molecule has 0 aliphatic carbocycles. The summed E-state index contributed by atoms with van der Waals surface area (Å²) in [7, 11) is 0. The Morgan fingerprint density at radius 2 is 2.20 bits per heavy atom. The van der Waals surface area contributed by atoms with Crippen molar-refractivity contribution in [3.05, 3.63) is 40.2 Å².